The number of thiocarbonyl (C=S) groups is 1. The molecule has 4 aromatic rings. The number of aryl methyl sites for hydroxylation is 1. The fraction of sp³-hybridized carbons (Fsp3) is 0.267. The van der Waals surface area contributed by atoms with Gasteiger partial charge in [-0.1, -0.05) is 17.7 Å². The lowest BCUT2D eigenvalue weighted by atomic mass is 9.96. The average molecular weight is 546 g/mol. The van der Waals surface area contributed by atoms with Gasteiger partial charge in [0.05, 0.1) is 23.5 Å². The Morgan fingerprint density at radius 3 is 2.42 bits per heavy atom. The van der Waals surface area contributed by atoms with E-state index in [-0.39, 0.29) is 17.8 Å². The van der Waals surface area contributed by atoms with E-state index in [9.17, 15) is 5.11 Å². The van der Waals surface area contributed by atoms with E-state index in [1.807, 2.05) is 23.1 Å². The Balaban J connectivity index is 1.64. The highest BCUT2D eigenvalue weighted by Crippen LogP contribution is 2.46. The Bertz CT molecular complexity index is 1450. The first-order chi connectivity index (χ1) is 18.3. The van der Waals surface area contributed by atoms with Gasteiger partial charge in [-0.25, -0.2) is 0 Å². The zero-order valence-corrected chi connectivity index (χ0v) is 23.6. The topological polar surface area (TPSA) is 56.6 Å². The SMILES string of the molecule is CCN(CC)c1ccc(-n2c(C)cc([C@H]3[C@H](c4ccccn4)NC(=S)N3c3cc(Cl)ccc3O)c2C)cc1. The average Bonchev–Trinajstić information content (AvgIpc) is 3.42. The Hall–Kier alpha value is -3.55. The van der Waals surface area contributed by atoms with Gasteiger partial charge in [0.25, 0.3) is 0 Å². The van der Waals surface area contributed by atoms with Crippen molar-refractivity contribution in [3.63, 3.8) is 0 Å². The quantitative estimate of drug-likeness (QED) is 0.247. The maximum atomic E-state index is 10.8. The van der Waals surface area contributed by atoms with E-state index in [2.05, 4.69) is 77.8 Å². The fourth-order valence-electron chi connectivity index (χ4n) is 5.51. The molecule has 2 aromatic heterocycles. The number of aromatic nitrogens is 2. The molecule has 8 heteroatoms. The van der Waals surface area contributed by atoms with Crippen molar-refractivity contribution in [2.45, 2.75) is 39.8 Å². The van der Waals surface area contributed by atoms with E-state index in [0.29, 0.717) is 15.8 Å². The van der Waals surface area contributed by atoms with Crippen LogP contribution >= 0.6 is 23.8 Å². The van der Waals surface area contributed by atoms with Crippen molar-refractivity contribution < 1.29 is 5.11 Å². The maximum absolute atomic E-state index is 10.8. The van der Waals surface area contributed by atoms with Crippen LogP contribution in [0.25, 0.3) is 5.69 Å². The van der Waals surface area contributed by atoms with E-state index >= 15 is 0 Å². The minimum absolute atomic E-state index is 0.117. The molecule has 1 aliphatic heterocycles. The number of anilines is 2. The van der Waals surface area contributed by atoms with E-state index in [0.717, 1.165) is 41.4 Å². The summed E-state index contributed by atoms with van der Waals surface area (Å²) in [4.78, 5) is 8.95. The number of hydrogen-bond acceptors (Lipinski definition) is 4. The highest BCUT2D eigenvalue weighted by molar-refractivity contribution is 7.80. The van der Waals surface area contributed by atoms with Gasteiger partial charge in [0.15, 0.2) is 5.11 Å². The van der Waals surface area contributed by atoms with Crippen LogP contribution in [0.3, 0.4) is 0 Å². The molecule has 2 N–H and O–H groups in total. The summed E-state index contributed by atoms with van der Waals surface area (Å²) in [5.41, 5.74) is 7.05. The van der Waals surface area contributed by atoms with Crippen LogP contribution in [0.15, 0.2) is 72.9 Å². The molecule has 0 spiro atoms. The van der Waals surface area contributed by atoms with Crippen molar-refractivity contribution in [1.29, 1.82) is 0 Å². The van der Waals surface area contributed by atoms with Crippen molar-refractivity contribution in [3.05, 3.63) is 101 Å². The molecular formula is C30H32ClN5OS. The molecule has 1 saturated heterocycles. The van der Waals surface area contributed by atoms with Gasteiger partial charge in [-0.05, 0) is 106 Å². The Labute approximate surface area is 234 Å². The lowest BCUT2D eigenvalue weighted by Gasteiger charge is -2.29. The van der Waals surface area contributed by atoms with Gasteiger partial charge >= 0.3 is 0 Å². The molecule has 0 saturated carbocycles. The van der Waals surface area contributed by atoms with Gasteiger partial charge in [-0.3, -0.25) is 4.98 Å². The zero-order valence-electron chi connectivity index (χ0n) is 22.0. The number of nitrogens with one attached hydrogen (secondary N) is 1. The number of rotatable bonds is 7. The van der Waals surface area contributed by atoms with Gasteiger partial charge < -0.3 is 24.8 Å². The van der Waals surface area contributed by atoms with Crippen LogP contribution in [0.5, 0.6) is 5.75 Å². The summed E-state index contributed by atoms with van der Waals surface area (Å²) < 4.78 is 2.27. The molecule has 3 heterocycles. The second-order valence-corrected chi connectivity index (χ2v) is 10.3. The largest absolute Gasteiger partial charge is 0.506 e. The highest BCUT2D eigenvalue weighted by Gasteiger charge is 2.43. The smallest absolute Gasteiger partial charge is 0.174 e. The number of benzene rings is 2. The minimum Gasteiger partial charge on any atom is -0.506 e. The summed E-state index contributed by atoms with van der Waals surface area (Å²) in [6.07, 6.45) is 1.79. The lowest BCUT2D eigenvalue weighted by Crippen LogP contribution is -2.29. The van der Waals surface area contributed by atoms with Crippen molar-refractivity contribution in [2.24, 2.45) is 0 Å². The molecule has 0 unspecified atom stereocenters. The Morgan fingerprint density at radius 1 is 1.03 bits per heavy atom. The lowest BCUT2D eigenvalue weighted by molar-refractivity contribution is 0.472. The summed E-state index contributed by atoms with van der Waals surface area (Å²) in [6, 6.07) is 21.3. The molecule has 1 aliphatic rings. The minimum atomic E-state index is -0.253. The molecule has 196 valence electrons. The Morgan fingerprint density at radius 2 is 1.76 bits per heavy atom. The normalized spacial score (nSPS) is 17.1. The summed E-state index contributed by atoms with van der Waals surface area (Å²) in [6.45, 7) is 10.5. The third kappa shape index (κ3) is 4.61. The highest BCUT2D eigenvalue weighted by atomic mass is 35.5. The van der Waals surface area contributed by atoms with E-state index in [4.69, 9.17) is 23.8 Å². The fourth-order valence-corrected chi connectivity index (χ4v) is 6.01. The third-order valence-corrected chi connectivity index (χ3v) is 7.87. The van der Waals surface area contributed by atoms with Crippen molar-refractivity contribution in [3.8, 4) is 11.4 Å². The Kier molecular flexibility index (Phi) is 7.32. The molecule has 2 aromatic carbocycles. The van der Waals surface area contributed by atoms with Crippen LogP contribution in [0, 0.1) is 13.8 Å². The summed E-state index contributed by atoms with van der Waals surface area (Å²) >= 11 is 12.2. The third-order valence-electron chi connectivity index (χ3n) is 7.32. The molecule has 5 rings (SSSR count). The molecule has 0 radical (unpaired) electrons. The number of halogens is 1. The van der Waals surface area contributed by atoms with Crippen LogP contribution in [-0.2, 0) is 0 Å². The number of phenols is 1. The van der Waals surface area contributed by atoms with Crippen molar-refractivity contribution in [2.75, 3.05) is 22.9 Å². The maximum Gasteiger partial charge on any atom is 0.174 e. The molecule has 0 amide bonds. The number of hydrogen-bond donors (Lipinski definition) is 2. The number of pyridine rings is 1. The number of aromatic hydroxyl groups is 1. The molecular weight excluding hydrogens is 514 g/mol. The van der Waals surface area contributed by atoms with E-state index in [1.54, 1.807) is 24.4 Å². The van der Waals surface area contributed by atoms with Crippen LogP contribution in [0.4, 0.5) is 11.4 Å². The van der Waals surface area contributed by atoms with Crippen LogP contribution in [0.2, 0.25) is 5.02 Å². The molecule has 38 heavy (non-hydrogen) atoms. The zero-order chi connectivity index (χ0) is 27.0. The first kappa shape index (κ1) is 26.1. The predicted molar refractivity (Wildman–Crippen MR) is 160 cm³/mol. The molecule has 1 fully saturated rings. The van der Waals surface area contributed by atoms with Crippen LogP contribution in [0.1, 0.15) is 48.6 Å². The first-order valence-electron chi connectivity index (χ1n) is 12.9. The van der Waals surface area contributed by atoms with Gasteiger partial charge in [0.1, 0.15) is 5.75 Å². The monoisotopic (exact) mass is 545 g/mol. The molecule has 6 nitrogen and oxygen atoms in total. The molecule has 2 atom stereocenters. The van der Waals surface area contributed by atoms with E-state index < -0.39 is 0 Å². The summed E-state index contributed by atoms with van der Waals surface area (Å²) in [7, 11) is 0. The molecule has 0 bridgehead atoms. The second-order valence-electron chi connectivity index (χ2n) is 9.48. The predicted octanol–water partition coefficient (Wildman–Crippen LogP) is 6.87. The van der Waals surface area contributed by atoms with Crippen LogP contribution < -0.4 is 15.1 Å². The van der Waals surface area contributed by atoms with Crippen LogP contribution in [-0.4, -0.2) is 32.9 Å². The molecule has 0 aliphatic carbocycles. The first-order valence-corrected chi connectivity index (χ1v) is 13.7. The van der Waals surface area contributed by atoms with Gasteiger partial charge in [-0.15, -0.1) is 0 Å². The number of phenolic OH excluding ortho intramolecular Hbond substituents is 1. The summed E-state index contributed by atoms with van der Waals surface area (Å²) in [5.74, 6) is 0.117. The van der Waals surface area contributed by atoms with Gasteiger partial charge in [0.2, 0.25) is 0 Å². The van der Waals surface area contributed by atoms with E-state index in [1.165, 1.54) is 5.69 Å². The van der Waals surface area contributed by atoms with Crippen molar-refractivity contribution in [1.82, 2.24) is 14.9 Å². The second kappa shape index (κ2) is 10.7. The van der Waals surface area contributed by atoms with Gasteiger partial charge in [0, 0.05) is 47.1 Å². The summed E-state index contributed by atoms with van der Waals surface area (Å²) in [5, 5.41) is 15.3. The van der Waals surface area contributed by atoms with Crippen molar-refractivity contribution >= 4 is 40.3 Å². The number of nitrogens with zero attached hydrogens (tertiary/aromatic N) is 4. The van der Waals surface area contributed by atoms with Gasteiger partial charge in [-0.2, -0.15) is 0 Å². The standard InChI is InChI=1S/C30H32ClN5OS/c1-5-34(6-2)22-11-13-23(14-12-22)35-19(3)17-24(20(35)4)29-28(25-9-7-8-16-32-25)33-30(38)36(29)26-18-21(31)10-15-27(26)37/h7-18,28-29,37H,5-6H2,1-4H3,(H,33,38)/t28-,29-/m0/s1.